The van der Waals surface area contributed by atoms with Gasteiger partial charge in [-0.05, 0) is 30.4 Å². The number of nitrogens with zero attached hydrogens (tertiary/aromatic N) is 4. The number of aromatic hydroxyl groups is 2. The lowest BCUT2D eigenvalue weighted by molar-refractivity contribution is 0.450. The van der Waals surface area contributed by atoms with E-state index in [9.17, 15) is 10.2 Å². The number of hydrogen-bond donors (Lipinski definition) is 4. The number of phenolic OH excluding ortho intramolecular Hbond substituents is 2. The van der Waals surface area contributed by atoms with Gasteiger partial charge in [-0.2, -0.15) is 20.0 Å². The first kappa shape index (κ1) is 16.7. The molecule has 134 valence electrons. The summed E-state index contributed by atoms with van der Waals surface area (Å²) in [7, 11) is 0. The van der Waals surface area contributed by atoms with Crippen LogP contribution in [0.3, 0.4) is 0 Å². The summed E-state index contributed by atoms with van der Waals surface area (Å²) in [5.41, 5.74) is 2.80. The quantitative estimate of drug-likeness (QED) is 0.321. The molecule has 0 aliphatic heterocycles. The Balaban J connectivity index is 1.69. The van der Waals surface area contributed by atoms with E-state index in [4.69, 9.17) is 12.2 Å². The Morgan fingerprint density at radius 1 is 1.00 bits per heavy atom. The third-order valence-corrected chi connectivity index (χ3v) is 4.13. The summed E-state index contributed by atoms with van der Waals surface area (Å²) in [6.45, 7) is 0. The van der Waals surface area contributed by atoms with Crippen LogP contribution in [0.4, 0.5) is 0 Å². The Hall–Kier alpha value is -3.72. The fourth-order valence-electron chi connectivity index (χ4n) is 2.53. The largest absolute Gasteiger partial charge is 0.508 e. The molecular weight excluding hydrogens is 364 g/mol. The van der Waals surface area contributed by atoms with Crippen LogP contribution in [0.1, 0.15) is 5.56 Å². The van der Waals surface area contributed by atoms with Crippen molar-refractivity contribution in [1.82, 2.24) is 25.1 Å². The SMILES string of the molecule is Oc1ccc(/C=N/n2c(-c3cc(-c4ccccc4)n[nH]3)n[nH]c2=S)c(O)c1. The lowest BCUT2D eigenvalue weighted by Gasteiger charge is -2.00. The van der Waals surface area contributed by atoms with Crippen LogP contribution >= 0.6 is 12.2 Å². The summed E-state index contributed by atoms with van der Waals surface area (Å²) < 4.78 is 1.71. The molecule has 0 aliphatic carbocycles. The zero-order valence-corrected chi connectivity index (χ0v) is 14.7. The maximum absolute atomic E-state index is 9.88. The number of nitrogens with one attached hydrogen (secondary N) is 2. The summed E-state index contributed by atoms with van der Waals surface area (Å²) in [4.78, 5) is 0. The second kappa shape index (κ2) is 6.89. The highest BCUT2D eigenvalue weighted by Crippen LogP contribution is 2.23. The third kappa shape index (κ3) is 3.35. The monoisotopic (exact) mass is 378 g/mol. The molecule has 2 aromatic heterocycles. The van der Waals surface area contributed by atoms with Gasteiger partial charge in [-0.25, -0.2) is 5.10 Å². The first-order chi connectivity index (χ1) is 13.1. The van der Waals surface area contributed by atoms with Crippen LogP contribution in [0.15, 0.2) is 59.7 Å². The van der Waals surface area contributed by atoms with Gasteiger partial charge in [-0.3, -0.25) is 5.10 Å². The Labute approximate surface area is 158 Å². The van der Waals surface area contributed by atoms with E-state index >= 15 is 0 Å². The highest BCUT2D eigenvalue weighted by atomic mass is 32.1. The van der Waals surface area contributed by atoms with Crippen LogP contribution in [0.25, 0.3) is 22.8 Å². The molecule has 8 nitrogen and oxygen atoms in total. The highest BCUT2D eigenvalue weighted by Gasteiger charge is 2.12. The Morgan fingerprint density at radius 3 is 2.59 bits per heavy atom. The molecular formula is C18H14N6O2S. The van der Waals surface area contributed by atoms with E-state index in [-0.39, 0.29) is 16.3 Å². The smallest absolute Gasteiger partial charge is 0.216 e. The number of rotatable bonds is 4. The minimum Gasteiger partial charge on any atom is -0.508 e. The molecule has 0 saturated carbocycles. The predicted molar refractivity (Wildman–Crippen MR) is 103 cm³/mol. The van der Waals surface area contributed by atoms with E-state index in [1.807, 2.05) is 36.4 Å². The summed E-state index contributed by atoms with van der Waals surface area (Å²) >= 11 is 5.24. The highest BCUT2D eigenvalue weighted by molar-refractivity contribution is 7.71. The van der Waals surface area contributed by atoms with E-state index in [1.165, 1.54) is 23.0 Å². The lowest BCUT2D eigenvalue weighted by atomic mass is 10.1. The number of phenols is 2. The average molecular weight is 378 g/mol. The van der Waals surface area contributed by atoms with Gasteiger partial charge in [-0.1, -0.05) is 30.3 Å². The molecule has 0 saturated heterocycles. The molecule has 0 radical (unpaired) electrons. The van der Waals surface area contributed by atoms with Gasteiger partial charge in [0.25, 0.3) is 0 Å². The summed E-state index contributed by atoms with van der Waals surface area (Å²) in [6, 6.07) is 15.8. The predicted octanol–water partition coefficient (Wildman–Crippen LogP) is 3.29. The van der Waals surface area contributed by atoms with Crippen molar-refractivity contribution >= 4 is 18.4 Å². The Morgan fingerprint density at radius 2 is 1.81 bits per heavy atom. The second-order valence-corrected chi connectivity index (χ2v) is 6.07. The van der Waals surface area contributed by atoms with Crippen LogP contribution in [0, 0.1) is 4.77 Å². The standard InChI is InChI=1S/C18H14N6O2S/c25-13-7-6-12(16(26)8-13)10-19-24-17(22-23-18(24)27)15-9-14(20-21-15)11-4-2-1-3-5-11/h1-10,25-26H,(H,20,21)(H,23,27)/b19-10+. The van der Waals surface area contributed by atoms with Crippen molar-refractivity contribution in [2.75, 3.05) is 0 Å². The van der Waals surface area contributed by atoms with E-state index < -0.39 is 0 Å². The van der Waals surface area contributed by atoms with E-state index in [0.717, 1.165) is 11.3 Å². The van der Waals surface area contributed by atoms with Crippen LogP contribution in [-0.2, 0) is 0 Å². The molecule has 0 unspecified atom stereocenters. The first-order valence-corrected chi connectivity index (χ1v) is 8.37. The molecule has 0 amide bonds. The molecule has 0 spiro atoms. The second-order valence-electron chi connectivity index (χ2n) is 5.68. The maximum atomic E-state index is 9.88. The zero-order valence-electron chi connectivity index (χ0n) is 13.9. The minimum absolute atomic E-state index is 0.0313. The van der Waals surface area contributed by atoms with Crippen molar-refractivity contribution in [3.05, 3.63) is 64.9 Å². The van der Waals surface area contributed by atoms with Crippen molar-refractivity contribution in [3.8, 4) is 34.3 Å². The molecule has 2 aromatic carbocycles. The van der Waals surface area contributed by atoms with Gasteiger partial charge in [0.2, 0.25) is 10.6 Å². The van der Waals surface area contributed by atoms with Gasteiger partial charge in [0.15, 0.2) is 0 Å². The molecule has 4 N–H and O–H groups in total. The Kier molecular flexibility index (Phi) is 4.27. The van der Waals surface area contributed by atoms with Gasteiger partial charge in [0.05, 0.1) is 11.9 Å². The number of benzene rings is 2. The molecule has 4 rings (SSSR count). The molecule has 27 heavy (non-hydrogen) atoms. The summed E-state index contributed by atoms with van der Waals surface area (Å²) in [5.74, 6) is 0.323. The summed E-state index contributed by atoms with van der Waals surface area (Å²) in [5, 5.41) is 37.7. The molecule has 0 bridgehead atoms. The van der Waals surface area contributed by atoms with Crippen molar-refractivity contribution < 1.29 is 10.2 Å². The normalized spacial score (nSPS) is 11.3. The van der Waals surface area contributed by atoms with Crippen LogP contribution < -0.4 is 0 Å². The molecule has 4 aromatic rings. The number of H-pyrrole nitrogens is 2. The van der Waals surface area contributed by atoms with Gasteiger partial charge >= 0.3 is 0 Å². The van der Waals surface area contributed by atoms with Gasteiger partial charge in [-0.15, -0.1) is 0 Å². The molecule has 9 heteroatoms. The van der Waals surface area contributed by atoms with Crippen LogP contribution in [-0.4, -0.2) is 41.5 Å². The van der Waals surface area contributed by atoms with E-state index in [2.05, 4.69) is 25.5 Å². The van der Waals surface area contributed by atoms with Crippen LogP contribution in [0.2, 0.25) is 0 Å². The van der Waals surface area contributed by atoms with Gasteiger partial charge in [0.1, 0.15) is 17.2 Å². The molecule has 2 heterocycles. The average Bonchev–Trinajstić information content (AvgIpc) is 3.29. The minimum atomic E-state index is -0.0942. The lowest BCUT2D eigenvalue weighted by Crippen LogP contribution is -1.95. The van der Waals surface area contributed by atoms with Gasteiger partial charge < -0.3 is 10.2 Å². The maximum Gasteiger partial charge on any atom is 0.216 e. The summed E-state index contributed by atoms with van der Waals surface area (Å²) in [6.07, 6.45) is 1.43. The Bertz CT molecular complexity index is 1180. The topological polar surface area (TPSA) is 115 Å². The van der Waals surface area contributed by atoms with Crippen molar-refractivity contribution in [3.63, 3.8) is 0 Å². The van der Waals surface area contributed by atoms with Crippen molar-refractivity contribution in [2.24, 2.45) is 5.10 Å². The van der Waals surface area contributed by atoms with Crippen molar-refractivity contribution in [1.29, 1.82) is 0 Å². The third-order valence-electron chi connectivity index (χ3n) is 3.87. The number of hydrogen-bond acceptors (Lipinski definition) is 6. The van der Waals surface area contributed by atoms with Crippen LogP contribution in [0.5, 0.6) is 11.5 Å². The van der Waals surface area contributed by atoms with E-state index in [0.29, 0.717) is 17.1 Å². The first-order valence-electron chi connectivity index (χ1n) is 7.97. The number of aromatic amines is 2. The fourth-order valence-corrected chi connectivity index (χ4v) is 2.71. The molecule has 0 fully saturated rings. The van der Waals surface area contributed by atoms with Crippen molar-refractivity contribution in [2.45, 2.75) is 0 Å². The fraction of sp³-hybridized carbons (Fsp3) is 0. The van der Waals surface area contributed by atoms with E-state index in [1.54, 1.807) is 6.07 Å². The molecule has 0 aliphatic rings. The van der Waals surface area contributed by atoms with Gasteiger partial charge in [0, 0.05) is 17.2 Å². The molecule has 0 atom stereocenters. The zero-order chi connectivity index (χ0) is 18.8. The number of aromatic nitrogens is 5.